The number of unbranched alkanes of at least 4 members (excludes halogenated alkanes) is 1. The molecule has 0 radical (unpaired) electrons. The number of nitrogens with one attached hydrogen (secondary N) is 1. The average molecular weight is 257 g/mol. The number of hydrogen-bond donors (Lipinski definition) is 2. The van der Waals surface area contributed by atoms with Gasteiger partial charge in [-0.2, -0.15) is 0 Å². The first-order chi connectivity index (χ1) is 8.72. The van der Waals surface area contributed by atoms with Gasteiger partial charge >= 0.3 is 5.97 Å². The van der Waals surface area contributed by atoms with E-state index < -0.39 is 0 Å². The second kappa shape index (κ2) is 8.48. The van der Waals surface area contributed by atoms with Crippen LogP contribution in [0.2, 0.25) is 0 Å². The summed E-state index contributed by atoms with van der Waals surface area (Å²) in [6.07, 6.45) is 7.70. The van der Waals surface area contributed by atoms with E-state index in [-0.39, 0.29) is 24.5 Å². The molecule has 1 aliphatic rings. The highest BCUT2D eigenvalue weighted by molar-refractivity contribution is 5.71. The molecule has 106 valence electrons. The molecule has 1 fully saturated rings. The molecular weight excluding hydrogens is 230 g/mol. The molecule has 1 rings (SSSR count). The molecule has 18 heavy (non-hydrogen) atoms. The van der Waals surface area contributed by atoms with E-state index in [2.05, 4.69) is 12.2 Å². The smallest absolute Gasteiger partial charge is 0.319 e. The molecule has 0 spiro atoms. The van der Waals surface area contributed by atoms with Crippen molar-refractivity contribution in [1.29, 1.82) is 0 Å². The molecule has 1 saturated carbocycles. The lowest BCUT2D eigenvalue weighted by molar-refractivity contribution is -0.142. The number of esters is 1. The predicted molar refractivity (Wildman–Crippen MR) is 71.3 cm³/mol. The molecule has 0 aromatic carbocycles. The summed E-state index contributed by atoms with van der Waals surface area (Å²) in [4.78, 5) is 11.4. The van der Waals surface area contributed by atoms with Crippen LogP contribution in [0.4, 0.5) is 0 Å². The fourth-order valence-electron chi connectivity index (χ4n) is 2.50. The van der Waals surface area contributed by atoms with Gasteiger partial charge in [-0.05, 0) is 19.3 Å². The van der Waals surface area contributed by atoms with E-state index in [1.165, 1.54) is 19.3 Å². The lowest BCUT2D eigenvalue weighted by atomic mass is 9.74. The van der Waals surface area contributed by atoms with Crippen molar-refractivity contribution in [2.45, 2.75) is 51.9 Å². The highest BCUT2D eigenvalue weighted by Crippen LogP contribution is 2.35. The van der Waals surface area contributed by atoms with Crippen molar-refractivity contribution >= 4 is 5.97 Å². The Morgan fingerprint density at radius 1 is 1.33 bits per heavy atom. The summed E-state index contributed by atoms with van der Waals surface area (Å²) in [5, 5.41) is 12.7. The van der Waals surface area contributed by atoms with Crippen LogP contribution in [0, 0.1) is 5.41 Å². The second-order valence-electron chi connectivity index (χ2n) is 5.40. The molecule has 0 aromatic rings. The molecule has 1 aliphatic carbocycles. The van der Waals surface area contributed by atoms with Crippen LogP contribution in [0.5, 0.6) is 0 Å². The standard InChI is InChI=1S/C14H27NO3/c1-2-3-9-18-13(17)10-15-11-14(12-16)7-5-4-6-8-14/h15-16H,2-12H2,1H3. The van der Waals surface area contributed by atoms with E-state index in [1.807, 2.05) is 0 Å². The molecule has 0 unspecified atom stereocenters. The number of hydrogen-bond acceptors (Lipinski definition) is 4. The van der Waals surface area contributed by atoms with Crippen LogP contribution in [0.25, 0.3) is 0 Å². The van der Waals surface area contributed by atoms with E-state index in [0.29, 0.717) is 13.2 Å². The summed E-state index contributed by atoms with van der Waals surface area (Å²) in [6.45, 7) is 3.77. The maximum absolute atomic E-state index is 11.4. The number of carbonyl (C=O) groups is 1. The quantitative estimate of drug-likeness (QED) is 0.515. The van der Waals surface area contributed by atoms with Crippen LogP contribution in [0.1, 0.15) is 51.9 Å². The molecule has 4 nitrogen and oxygen atoms in total. The maximum Gasteiger partial charge on any atom is 0.319 e. The van der Waals surface area contributed by atoms with Crippen LogP contribution in [-0.4, -0.2) is 37.4 Å². The van der Waals surface area contributed by atoms with Crippen LogP contribution in [0.15, 0.2) is 0 Å². The monoisotopic (exact) mass is 257 g/mol. The minimum absolute atomic E-state index is 0.0120. The maximum atomic E-state index is 11.4. The second-order valence-corrected chi connectivity index (χ2v) is 5.40. The zero-order valence-electron chi connectivity index (χ0n) is 11.5. The van der Waals surface area contributed by atoms with Gasteiger partial charge in [0.2, 0.25) is 0 Å². The number of rotatable bonds is 8. The van der Waals surface area contributed by atoms with E-state index >= 15 is 0 Å². The lowest BCUT2D eigenvalue weighted by Gasteiger charge is -2.35. The summed E-state index contributed by atoms with van der Waals surface area (Å²) in [6, 6.07) is 0. The van der Waals surface area contributed by atoms with E-state index in [4.69, 9.17) is 4.74 Å². The minimum atomic E-state index is -0.188. The van der Waals surface area contributed by atoms with Gasteiger partial charge in [0, 0.05) is 18.6 Å². The van der Waals surface area contributed by atoms with Gasteiger partial charge in [0.1, 0.15) is 0 Å². The molecule has 0 aromatic heterocycles. The molecule has 0 saturated heterocycles. The van der Waals surface area contributed by atoms with Crippen molar-refractivity contribution in [3.05, 3.63) is 0 Å². The minimum Gasteiger partial charge on any atom is -0.465 e. The first-order valence-corrected chi connectivity index (χ1v) is 7.20. The van der Waals surface area contributed by atoms with E-state index in [9.17, 15) is 9.90 Å². The van der Waals surface area contributed by atoms with E-state index in [1.54, 1.807) is 0 Å². The van der Waals surface area contributed by atoms with Gasteiger partial charge in [-0.1, -0.05) is 32.6 Å². The van der Waals surface area contributed by atoms with Crippen molar-refractivity contribution in [3.63, 3.8) is 0 Å². The fourth-order valence-corrected chi connectivity index (χ4v) is 2.50. The molecule has 0 atom stereocenters. The Kier molecular flexibility index (Phi) is 7.28. The largest absolute Gasteiger partial charge is 0.465 e. The van der Waals surface area contributed by atoms with Gasteiger partial charge in [-0.15, -0.1) is 0 Å². The van der Waals surface area contributed by atoms with Gasteiger partial charge in [0.25, 0.3) is 0 Å². The van der Waals surface area contributed by atoms with Gasteiger partial charge in [0.15, 0.2) is 0 Å². The number of aliphatic hydroxyl groups excluding tert-OH is 1. The van der Waals surface area contributed by atoms with Crippen molar-refractivity contribution in [3.8, 4) is 0 Å². The molecule has 0 aliphatic heterocycles. The summed E-state index contributed by atoms with van der Waals surface area (Å²) < 4.78 is 5.07. The van der Waals surface area contributed by atoms with Crippen LogP contribution in [-0.2, 0) is 9.53 Å². The zero-order chi connectivity index (χ0) is 13.3. The van der Waals surface area contributed by atoms with Crippen molar-refractivity contribution in [2.75, 3.05) is 26.3 Å². The van der Waals surface area contributed by atoms with Gasteiger partial charge in [0.05, 0.1) is 13.2 Å². The highest BCUT2D eigenvalue weighted by atomic mass is 16.5. The molecule has 0 heterocycles. The molecule has 0 amide bonds. The Hall–Kier alpha value is -0.610. The van der Waals surface area contributed by atoms with Crippen LogP contribution < -0.4 is 5.32 Å². The molecule has 4 heteroatoms. The predicted octanol–water partition coefficient (Wildman–Crippen LogP) is 1.86. The molecule has 0 bridgehead atoms. The third-order valence-corrected chi connectivity index (χ3v) is 3.78. The van der Waals surface area contributed by atoms with Crippen LogP contribution >= 0.6 is 0 Å². The third-order valence-electron chi connectivity index (χ3n) is 3.78. The molecule has 2 N–H and O–H groups in total. The number of ether oxygens (including phenoxy) is 1. The van der Waals surface area contributed by atoms with Gasteiger partial charge in [-0.3, -0.25) is 4.79 Å². The normalized spacial score (nSPS) is 18.6. The Morgan fingerprint density at radius 3 is 2.67 bits per heavy atom. The SMILES string of the molecule is CCCCOC(=O)CNCC1(CO)CCCCC1. The van der Waals surface area contributed by atoms with Crippen molar-refractivity contribution < 1.29 is 14.6 Å². The van der Waals surface area contributed by atoms with Crippen molar-refractivity contribution in [2.24, 2.45) is 5.41 Å². The fraction of sp³-hybridized carbons (Fsp3) is 0.929. The summed E-state index contributed by atoms with van der Waals surface area (Å²) >= 11 is 0. The topological polar surface area (TPSA) is 58.6 Å². The Bertz CT molecular complexity index is 237. The first kappa shape index (κ1) is 15.4. The van der Waals surface area contributed by atoms with Gasteiger partial charge < -0.3 is 15.2 Å². The lowest BCUT2D eigenvalue weighted by Crippen LogP contribution is -2.41. The summed E-state index contributed by atoms with van der Waals surface area (Å²) in [7, 11) is 0. The van der Waals surface area contributed by atoms with Crippen LogP contribution in [0.3, 0.4) is 0 Å². The molecular formula is C14H27NO3. The van der Waals surface area contributed by atoms with Gasteiger partial charge in [-0.25, -0.2) is 0 Å². The summed E-state index contributed by atoms with van der Waals surface area (Å²) in [5.41, 5.74) is -0.0120. The number of carbonyl (C=O) groups excluding carboxylic acids is 1. The van der Waals surface area contributed by atoms with E-state index in [0.717, 1.165) is 25.7 Å². The Morgan fingerprint density at radius 2 is 2.06 bits per heavy atom. The number of aliphatic hydroxyl groups is 1. The first-order valence-electron chi connectivity index (χ1n) is 7.20. The average Bonchev–Trinajstić information content (AvgIpc) is 2.40. The Labute approximate surface area is 110 Å². The zero-order valence-corrected chi connectivity index (χ0v) is 11.5. The van der Waals surface area contributed by atoms with Crippen molar-refractivity contribution in [1.82, 2.24) is 5.32 Å². The Balaban J connectivity index is 2.16. The highest BCUT2D eigenvalue weighted by Gasteiger charge is 2.30. The summed E-state index contributed by atoms with van der Waals surface area (Å²) in [5.74, 6) is -0.188. The third kappa shape index (κ3) is 5.36.